The molecule has 2 atom stereocenters. The van der Waals surface area contributed by atoms with Crippen LogP contribution < -0.4 is 0 Å². The highest BCUT2D eigenvalue weighted by Crippen LogP contribution is 2.43. The monoisotopic (exact) mass is 363 g/mol. The van der Waals surface area contributed by atoms with Crippen molar-refractivity contribution in [1.82, 2.24) is 14.7 Å². The van der Waals surface area contributed by atoms with Crippen molar-refractivity contribution in [2.45, 2.75) is 32.2 Å². The second kappa shape index (κ2) is 6.66. The Morgan fingerprint density at radius 3 is 2.73 bits per heavy atom. The first-order valence-electron chi connectivity index (χ1n) is 9.25. The highest BCUT2D eigenvalue weighted by molar-refractivity contribution is 5.96. The molecule has 1 aromatic heterocycles. The topological polar surface area (TPSA) is 93.9 Å². The van der Waals surface area contributed by atoms with Gasteiger partial charge in [-0.2, -0.15) is 5.10 Å². The largest absolute Gasteiger partial charge is 0.481 e. The highest BCUT2D eigenvalue weighted by atomic mass is 16.5. The van der Waals surface area contributed by atoms with Gasteiger partial charge in [0.05, 0.1) is 29.8 Å². The first-order chi connectivity index (χ1) is 12.5. The number of aromatic nitrogens is 2. The van der Waals surface area contributed by atoms with Gasteiger partial charge >= 0.3 is 5.97 Å². The van der Waals surface area contributed by atoms with Crippen LogP contribution in [-0.4, -0.2) is 71.2 Å². The molecule has 0 aliphatic carbocycles. The Morgan fingerprint density at radius 1 is 1.27 bits per heavy atom. The van der Waals surface area contributed by atoms with E-state index < -0.39 is 11.4 Å². The first-order valence-corrected chi connectivity index (χ1v) is 9.25. The van der Waals surface area contributed by atoms with E-state index in [9.17, 15) is 14.7 Å². The standard InChI is InChI=1S/C18H25N3O5/c1-12-15(8-19-21(12)14-2-5-25-6-3-14)16(22)20-9-13-10-26-7-4-18(13,11-20)17(23)24/h8,13-14H,2-7,9-11H2,1H3,(H,23,24)/t13-,18+/m0/s1. The van der Waals surface area contributed by atoms with Crippen LogP contribution in [0.15, 0.2) is 6.20 Å². The maximum absolute atomic E-state index is 13.1. The number of hydrogen-bond acceptors (Lipinski definition) is 5. The lowest BCUT2D eigenvalue weighted by Gasteiger charge is -2.33. The molecule has 4 rings (SSSR count). The summed E-state index contributed by atoms with van der Waals surface area (Å²) in [5.74, 6) is -1.10. The lowest BCUT2D eigenvalue weighted by Crippen LogP contribution is -2.45. The summed E-state index contributed by atoms with van der Waals surface area (Å²) in [5.41, 5.74) is 0.535. The maximum Gasteiger partial charge on any atom is 0.311 e. The number of hydrogen-bond donors (Lipinski definition) is 1. The highest BCUT2D eigenvalue weighted by Gasteiger charge is 2.55. The SMILES string of the molecule is Cc1c(C(=O)N2C[C@H]3COCC[C@@]3(C(=O)O)C2)cnn1C1CCOCC1. The molecule has 0 bridgehead atoms. The molecule has 0 aromatic carbocycles. The van der Waals surface area contributed by atoms with Gasteiger partial charge in [-0.25, -0.2) is 0 Å². The lowest BCUT2D eigenvalue weighted by atomic mass is 9.74. The van der Waals surface area contributed by atoms with Gasteiger partial charge in [-0.05, 0) is 26.2 Å². The third-order valence-corrected chi connectivity index (χ3v) is 6.23. The van der Waals surface area contributed by atoms with Crippen LogP contribution in [-0.2, 0) is 14.3 Å². The van der Waals surface area contributed by atoms with E-state index in [1.807, 2.05) is 11.6 Å². The number of amides is 1. The molecule has 1 amide bonds. The second-order valence-electron chi connectivity index (χ2n) is 7.60. The summed E-state index contributed by atoms with van der Waals surface area (Å²) in [6.45, 7) is 4.84. The molecule has 8 nitrogen and oxygen atoms in total. The molecule has 142 valence electrons. The number of rotatable bonds is 3. The van der Waals surface area contributed by atoms with Crippen LogP contribution in [0, 0.1) is 18.3 Å². The average Bonchev–Trinajstić information content (AvgIpc) is 3.23. The molecule has 0 saturated carbocycles. The molecule has 8 heteroatoms. The van der Waals surface area contributed by atoms with Gasteiger partial charge in [0.25, 0.3) is 5.91 Å². The molecule has 26 heavy (non-hydrogen) atoms. The minimum Gasteiger partial charge on any atom is -0.481 e. The minimum atomic E-state index is -0.876. The van der Waals surface area contributed by atoms with Gasteiger partial charge in [-0.3, -0.25) is 14.3 Å². The number of fused-ring (bicyclic) bond motifs is 1. The zero-order valence-corrected chi connectivity index (χ0v) is 15.0. The summed E-state index contributed by atoms with van der Waals surface area (Å²) in [7, 11) is 0. The predicted octanol–water partition coefficient (Wildman–Crippen LogP) is 1.11. The molecule has 0 radical (unpaired) electrons. The van der Waals surface area contributed by atoms with Crippen molar-refractivity contribution in [3.8, 4) is 0 Å². The maximum atomic E-state index is 13.1. The number of carbonyl (C=O) groups is 2. The number of likely N-dealkylation sites (tertiary alicyclic amines) is 1. The van der Waals surface area contributed by atoms with E-state index in [0.717, 1.165) is 18.5 Å². The number of carboxylic acids is 1. The molecule has 0 spiro atoms. The number of carboxylic acid groups (broad SMARTS) is 1. The van der Waals surface area contributed by atoms with E-state index >= 15 is 0 Å². The summed E-state index contributed by atoms with van der Waals surface area (Å²) in [4.78, 5) is 26.7. The van der Waals surface area contributed by atoms with E-state index in [2.05, 4.69) is 5.10 Å². The molecule has 4 heterocycles. The van der Waals surface area contributed by atoms with Crippen LogP contribution in [0.4, 0.5) is 0 Å². The number of ether oxygens (including phenoxy) is 2. The van der Waals surface area contributed by atoms with Gasteiger partial charge in [0.2, 0.25) is 0 Å². The molecule has 3 aliphatic rings. The van der Waals surface area contributed by atoms with E-state index in [1.165, 1.54) is 0 Å². The van der Waals surface area contributed by atoms with Gasteiger partial charge in [0.1, 0.15) is 0 Å². The molecule has 1 aromatic rings. The van der Waals surface area contributed by atoms with Crippen molar-refractivity contribution in [1.29, 1.82) is 0 Å². The summed E-state index contributed by atoms with van der Waals surface area (Å²) in [5, 5.41) is 14.2. The normalized spacial score (nSPS) is 29.6. The molecular formula is C18H25N3O5. The fourth-order valence-electron chi connectivity index (χ4n) is 4.56. The van der Waals surface area contributed by atoms with Crippen molar-refractivity contribution >= 4 is 11.9 Å². The molecule has 3 saturated heterocycles. The molecule has 1 N–H and O–H groups in total. The van der Waals surface area contributed by atoms with Crippen molar-refractivity contribution in [2.24, 2.45) is 11.3 Å². The van der Waals surface area contributed by atoms with Crippen LogP contribution in [0.5, 0.6) is 0 Å². The lowest BCUT2D eigenvalue weighted by molar-refractivity contribution is -0.157. The number of nitrogens with zero attached hydrogens (tertiary/aromatic N) is 3. The van der Waals surface area contributed by atoms with Gasteiger partial charge in [0.15, 0.2) is 0 Å². The van der Waals surface area contributed by atoms with Gasteiger partial charge in [-0.15, -0.1) is 0 Å². The Balaban J connectivity index is 1.55. The quantitative estimate of drug-likeness (QED) is 0.864. The molecule has 0 unspecified atom stereocenters. The summed E-state index contributed by atoms with van der Waals surface area (Å²) in [6.07, 6.45) is 3.86. The van der Waals surface area contributed by atoms with Crippen LogP contribution in [0.1, 0.15) is 41.4 Å². The summed E-state index contributed by atoms with van der Waals surface area (Å²) in [6, 6.07) is 0.255. The zero-order chi connectivity index (χ0) is 18.3. The Labute approximate surface area is 152 Å². The summed E-state index contributed by atoms with van der Waals surface area (Å²) < 4.78 is 12.8. The van der Waals surface area contributed by atoms with Crippen molar-refractivity contribution in [3.05, 3.63) is 17.5 Å². The smallest absolute Gasteiger partial charge is 0.311 e. The van der Waals surface area contributed by atoms with E-state index in [-0.39, 0.29) is 24.4 Å². The predicted molar refractivity (Wildman–Crippen MR) is 91.0 cm³/mol. The molecule has 3 fully saturated rings. The Bertz CT molecular complexity index is 712. The van der Waals surface area contributed by atoms with Crippen molar-refractivity contribution in [2.75, 3.05) is 39.5 Å². The van der Waals surface area contributed by atoms with Crippen LogP contribution in [0.2, 0.25) is 0 Å². The Hall–Kier alpha value is -1.93. The van der Waals surface area contributed by atoms with Crippen LogP contribution in [0.3, 0.4) is 0 Å². The fraction of sp³-hybridized carbons (Fsp3) is 0.722. The van der Waals surface area contributed by atoms with Gasteiger partial charge in [-0.1, -0.05) is 0 Å². The van der Waals surface area contributed by atoms with Crippen LogP contribution >= 0.6 is 0 Å². The van der Waals surface area contributed by atoms with Crippen LogP contribution in [0.25, 0.3) is 0 Å². The average molecular weight is 363 g/mol. The fourth-order valence-corrected chi connectivity index (χ4v) is 4.56. The first kappa shape index (κ1) is 17.5. The summed E-state index contributed by atoms with van der Waals surface area (Å²) >= 11 is 0. The Kier molecular flexibility index (Phi) is 4.48. The van der Waals surface area contributed by atoms with E-state index in [0.29, 0.717) is 45.0 Å². The second-order valence-corrected chi connectivity index (χ2v) is 7.60. The minimum absolute atomic E-state index is 0.129. The third kappa shape index (κ3) is 2.72. The molecular weight excluding hydrogens is 338 g/mol. The van der Waals surface area contributed by atoms with E-state index in [4.69, 9.17) is 9.47 Å². The number of carbonyl (C=O) groups excluding carboxylic acids is 1. The zero-order valence-electron chi connectivity index (χ0n) is 15.0. The number of aliphatic carboxylic acids is 1. The van der Waals surface area contributed by atoms with Crippen molar-refractivity contribution in [3.63, 3.8) is 0 Å². The third-order valence-electron chi connectivity index (χ3n) is 6.23. The van der Waals surface area contributed by atoms with Gasteiger partial charge in [0, 0.05) is 44.5 Å². The Morgan fingerprint density at radius 2 is 2.04 bits per heavy atom. The van der Waals surface area contributed by atoms with Crippen molar-refractivity contribution < 1.29 is 24.2 Å². The molecule has 3 aliphatic heterocycles. The van der Waals surface area contributed by atoms with Gasteiger partial charge < -0.3 is 19.5 Å². The van der Waals surface area contributed by atoms with E-state index in [1.54, 1.807) is 11.1 Å².